The van der Waals surface area contributed by atoms with E-state index in [9.17, 15) is 26.4 Å². The van der Waals surface area contributed by atoms with E-state index in [1.165, 1.54) is 22.5 Å². The third-order valence-corrected chi connectivity index (χ3v) is 7.28. The van der Waals surface area contributed by atoms with Crippen LogP contribution in [-0.4, -0.2) is 51.4 Å². The van der Waals surface area contributed by atoms with E-state index in [2.05, 4.69) is 5.32 Å². The Hall–Kier alpha value is -1.85. The number of nitrogens with one attached hydrogen (secondary N) is 2. The summed E-state index contributed by atoms with van der Waals surface area (Å²) in [5.41, 5.74) is -0.463. The number of hydrogen-bond donors (Lipinski definition) is 2. The summed E-state index contributed by atoms with van der Waals surface area (Å²) < 4.78 is 66.8. The number of benzene rings is 2. The minimum Gasteiger partial charge on any atom is -0.325 e. The molecule has 3 rings (SSSR count). The van der Waals surface area contributed by atoms with Crippen LogP contribution in [0.3, 0.4) is 0 Å². The fraction of sp³-hybridized carbons (Fsp3) is 0.278. The molecular formula is C18H17Cl2F3N3O3S+. The van der Waals surface area contributed by atoms with Crippen molar-refractivity contribution in [2.45, 2.75) is 4.90 Å². The maximum atomic E-state index is 13.7. The second-order valence-corrected chi connectivity index (χ2v) is 9.43. The smallest absolute Gasteiger partial charge is 0.279 e. The number of nitrogens with zero attached hydrogens (tertiary/aromatic N) is 1. The van der Waals surface area contributed by atoms with Gasteiger partial charge in [0, 0.05) is 5.02 Å². The van der Waals surface area contributed by atoms with Crippen LogP contribution < -0.4 is 10.2 Å². The van der Waals surface area contributed by atoms with Crippen molar-refractivity contribution in [3.8, 4) is 0 Å². The molecule has 6 nitrogen and oxygen atoms in total. The fourth-order valence-corrected chi connectivity index (χ4v) is 5.26. The minimum atomic E-state index is -3.85. The number of rotatable bonds is 5. The molecule has 0 saturated carbocycles. The Morgan fingerprint density at radius 1 is 1.07 bits per heavy atom. The summed E-state index contributed by atoms with van der Waals surface area (Å²) in [5.74, 6) is -5.11. The Kier molecular flexibility index (Phi) is 6.93. The van der Waals surface area contributed by atoms with Crippen LogP contribution in [-0.2, 0) is 14.8 Å². The number of amides is 1. The second-order valence-electron chi connectivity index (χ2n) is 6.68. The van der Waals surface area contributed by atoms with E-state index in [0.29, 0.717) is 19.2 Å². The van der Waals surface area contributed by atoms with Crippen LogP contribution >= 0.6 is 23.2 Å². The van der Waals surface area contributed by atoms with Gasteiger partial charge in [0.25, 0.3) is 5.91 Å². The van der Waals surface area contributed by atoms with Gasteiger partial charge in [-0.15, -0.1) is 0 Å². The lowest BCUT2D eigenvalue weighted by Crippen LogP contribution is -3.15. The van der Waals surface area contributed by atoms with Crippen molar-refractivity contribution in [3.05, 3.63) is 57.8 Å². The first-order chi connectivity index (χ1) is 14.1. The first-order valence-electron chi connectivity index (χ1n) is 8.81. The lowest BCUT2D eigenvalue weighted by Gasteiger charge is -2.31. The molecule has 0 aliphatic carbocycles. The normalized spacial score (nSPS) is 15.9. The molecule has 0 unspecified atom stereocenters. The molecule has 2 aromatic rings. The molecule has 1 fully saturated rings. The molecule has 0 radical (unpaired) electrons. The molecule has 0 atom stereocenters. The van der Waals surface area contributed by atoms with Crippen LogP contribution in [0, 0.1) is 17.5 Å². The van der Waals surface area contributed by atoms with Crippen molar-refractivity contribution in [2.24, 2.45) is 0 Å². The number of quaternary nitrogens is 1. The number of halogens is 5. The maximum Gasteiger partial charge on any atom is 0.279 e. The van der Waals surface area contributed by atoms with Gasteiger partial charge in [0.1, 0.15) is 4.90 Å². The monoisotopic (exact) mass is 482 g/mol. The lowest BCUT2D eigenvalue weighted by atomic mass is 10.2. The van der Waals surface area contributed by atoms with E-state index in [-0.39, 0.29) is 34.6 Å². The van der Waals surface area contributed by atoms with Gasteiger partial charge < -0.3 is 10.2 Å². The molecule has 2 aromatic carbocycles. The Bertz CT molecular complexity index is 1080. The van der Waals surface area contributed by atoms with Gasteiger partial charge in [0.2, 0.25) is 10.0 Å². The van der Waals surface area contributed by atoms with Crippen molar-refractivity contribution in [3.63, 3.8) is 0 Å². The lowest BCUT2D eigenvalue weighted by molar-refractivity contribution is -0.895. The van der Waals surface area contributed by atoms with Gasteiger partial charge in [-0.1, -0.05) is 23.2 Å². The van der Waals surface area contributed by atoms with E-state index in [1.807, 2.05) is 0 Å². The van der Waals surface area contributed by atoms with E-state index < -0.39 is 39.1 Å². The van der Waals surface area contributed by atoms with Crippen LogP contribution in [0.4, 0.5) is 18.9 Å². The summed E-state index contributed by atoms with van der Waals surface area (Å²) in [6.07, 6.45) is 0. The molecule has 1 aliphatic rings. The molecule has 1 aliphatic heterocycles. The topological polar surface area (TPSA) is 70.9 Å². The summed E-state index contributed by atoms with van der Waals surface area (Å²) in [4.78, 5) is 12.8. The van der Waals surface area contributed by atoms with Crippen LogP contribution in [0.2, 0.25) is 10.0 Å². The first kappa shape index (κ1) is 22.8. The second kappa shape index (κ2) is 9.11. The van der Waals surface area contributed by atoms with Crippen molar-refractivity contribution >= 4 is 44.8 Å². The van der Waals surface area contributed by atoms with Gasteiger partial charge in [-0.3, -0.25) is 4.79 Å². The SMILES string of the molecule is O=C(C[NH+]1CCN(S(=O)(=O)c2cc(Cl)ccc2Cl)CC1)Nc1ccc(F)c(F)c1F. The van der Waals surface area contributed by atoms with Crippen LogP contribution in [0.5, 0.6) is 0 Å². The van der Waals surface area contributed by atoms with Crippen molar-refractivity contribution < 1.29 is 31.3 Å². The Labute approximate surface area is 181 Å². The standard InChI is InChI=1S/C18H16Cl2F3N3O3S/c19-11-1-2-12(20)15(9-11)30(28,29)26-7-5-25(6-8-26)10-16(27)24-14-4-3-13(21)17(22)18(14)23/h1-4,9H,5-8,10H2,(H,24,27)/p+1. The van der Waals surface area contributed by atoms with E-state index in [0.717, 1.165) is 11.0 Å². The third-order valence-electron chi connectivity index (χ3n) is 4.66. The molecule has 2 N–H and O–H groups in total. The Balaban J connectivity index is 1.60. The maximum absolute atomic E-state index is 13.7. The number of hydrogen-bond acceptors (Lipinski definition) is 3. The first-order valence-corrected chi connectivity index (χ1v) is 11.0. The van der Waals surface area contributed by atoms with Gasteiger partial charge in [-0.2, -0.15) is 4.31 Å². The highest BCUT2D eigenvalue weighted by atomic mass is 35.5. The van der Waals surface area contributed by atoms with Gasteiger partial charge in [-0.25, -0.2) is 21.6 Å². The van der Waals surface area contributed by atoms with Gasteiger partial charge in [0.05, 0.1) is 36.9 Å². The predicted molar refractivity (Wildman–Crippen MR) is 106 cm³/mol. The van der Waals surface area contributed by atoms with E-state index in [1.54, 1.807) is 0 Å². The van der Waals surface area contributed by atoms with Gasteiger partial charge in [0.15, 0.2) is 24.0 Å². The molecule has 1 amide bonds. The summed E-state index contributed by atoms with van der Waals surface area (Å²) in [5, 5.41) is 2.50. The minimum absolute atomic E-state index is 0.0575. The zero-order valence-electron chi connectivity index (χ0n) is 15.4. The Morgan fingerprint density at radius 2 is 1.73 bits per heavy atom. The summed E-state index contributed by atoms with van der Waals surface area (Å²) in [6.45, 7) is 0.793. The van der Waals surface area contributed by atoms with E-state index >= 15 is 0 Å². The zero-order chi connectivity index (χ0) is 22.1. The summed E-state index contributed by atoms with van der Waals surface area (Å²) in [7, 11) is -3.85. The zero-order valence-corrected chi connectivity index (χ0v) is 17.7. The van der Waals surface area contributed by atoms with Crippen LogP contribution in [0.15, 0.2) is 35.2 Å². The average molecular weight is 483 g/mol. The summed E-state index contributed by atoms with van der Waals surface area (Å²) in [6, 6.07) is 5.81. The number of carbonyl (C=O) groups is 1. The number of anilines is 1. The van der Waals surface area contributed by atoms with Crippen molar-refractivity contribution in [2.75, 3.05) is 38.0 Å². The molecule has 1 heterocycles. The van der Waals surface area contributed by atoms with Crippen LogP contribution in [0.1, 0.15) is 0 Å². The number of piperazine rings is 1. The molecule has 0 bridgehead atoms. The molecular weight excluding hydrogens is 466 g/mol. The molecule has 30 heavy (non-hydrogen) atoms. The van der Waals surface area contributed by atoms with Gasteiger partial charge in [-0.05, 0) is 30.3 Å². The van der Waals surface area contributed by atoms with Crippen molar-refractivity contribution in [1.29, 1.82) is 0 Å². The molecule has 0 spiro atoms. The summed E-state index contributed by atoms with van der Waals surface area (Å²) >= 11 is 11.9. The Morgan fingerprint density at radius 3 is 2.40 bits per heavy atom. The van der Waals surface area contributed by atoms with Crippen LogP contribution in [0.25, 0.3) is 0 Å². The number of carbonyl (C=O) groups excluding carboxylic acids is 1. The highest BCUT2D eigenvalue weighted by Gasteiger charge is 2.32. The fourth-order valence-electron chi connectivity index (χ4n) is 3.08. The van der Waals surface area contributed by atoms with Gasteiger partial charge >= 0.3 is 0 Å². The molecule has 1 saturated heterocycles. The highest BCUT2D eigenvalue weighted by molar-refractivity contribution is 7.89. The molecule has 12 heteroatoms. The highest BCUT2D eigenvalue weighted by Crippen LogP contribution is 2.27. The van der Waals surface area contributed by atoms with E-state index in [4.69, 9.17) is 23.2 Å². The number of sulfonamides is 1. The molecule has 162 valence electrons. The molecule has 0 aromatic heterocycles. The quantitative estimate of drug-likeness (QED) is 0.639. The third kappa shape index (κ3) is 4.89. The largest absolute Gasteiger partial charge is 0.325 e. The predicted octanol–water partition coefficient (Wildman–Crippen LogP) is 1.94. The van der Waals surface area contributed by atoms with Crippen molar-refractivity contribution in [1.82, 2.24) is 4.31 Å². The average Bonchev–Trinajstić information content (AvgIpc) is 2.70.